The van der Waals surface area contributed by atoms with Crippen molar-refractivity contribution >= 4 is 39.1 Å². The summed E-state index contributed by atoms with van der Waals surface area (Å²) in [6, 6.07) is 13.8. The molecule has 2 aromatic rings. The third-order valence-corrected chi connectivity index (χ3v) is 4.39. The Morgan fingerprint density at radius 2 is 1.86 bits per heavy atom. The van der Waals surface area contributed by atoms with E-state index in [4.69, 9.17) is 27.9 Å². The van der Waals surface area contributed by atoms with Crippen LogP contribution in [0.1, 0.15) is 29.8 Å². The van der Waals surface area contributed by atoms with E-state index in [1.54, 1.807) is 0 Å². The molecule has 0 radical (unpaired) electrons. The maximum atomic E-state index is 6.51. The van der Waals surface area contributed by atoms with Gasteiger partial charge in [-0.15, -0.1) is 11.6 Å². The first-order valence-corrected chi connectivity index (χ1v) is 8.51. The molecule has 0 aliphatic carbocycles. The summed E-state index contributed by atoms with van der Waals surface area (Å²) in [5.41, 5.74) is 2.24. The lowest BCUT2D eigenvalue weighted by Crippen LogP contribution is -1.99. The van der Waals surface area contributed by atoms with E-state index in [2.05, 4.69) is 22.9 Å². The van der Waals surface area contributed by atoms with Crippen LogP contribution in [0, 0.1) is 0 Å². The van der Waals surface area contributed by atoms with E-state index in [9.17, 15) is 0 Å². The van der Waals surface area contributed by atoms with Crippen LogP contribution in [0.4, 0.5) is 0 Å². The average Bonchev–Trinajstić information content (AvgIpc) is 2.48. The quantitative estimate of drug-likeness (QED) is 0.520. The van der Waals surface area contributed by atoms with Crippen molar-refractivity contribution < 1.29 is 4.74 Å². The SMILES string of the molecule is CCCOc1ccc(C(Cl)Cc2ccc(Cl)cc2)cc1Br. The highest BCUT2D eigenvalue weighted by molar-refractivity contribution is 9.10. The zero-order valence-corrected chi connectivity index (χ0v) is 14.9. The Hall–Kier alpha value is -0.700. The topological polar surface area (TPSA) is 9.23 Å². The molecule has 0 amide bonds. The minimum Gasteiger partial charge on any atom is -0.492 e. The summed E-state index contributed by atoms with van der Waals surface area (Å²) < 4.78 is 6.59. The molecule has 0 N–H and O–H groups in total. The van der Waals surface area contributed by atoms with Crippen molar-refractivity contribution in [2.75, 3.05) is 6.61 Å². The first-order valence-electron chi connectivity index (χ1n) is 6.91. The van der Waals surface area contributed by atoms with Crippen molar-refractivity contribution in [1.29, 1.82) is 0 Å². The lowest BCUT2D eigenvalue weighted by atomic mass is 10.0. The van der Waals surface area contributed by atoms with Gasteiger partial charge in [-0.2, -0.15) is 0 Å². The normalized spacial score (nSPS) is 12.2. The molecule has 2 rings (SSSR count). The van der Waals surface area contributed by atoms with Gasteiger partial charge in [-0.3, -0.25) is 0 Å². The van der Waals surface area contributed by atoms with Crippen molar-refractivity contribution in [3.8, 4) is 5.75 Å². The monoisotopic (exact) mass is 386 g/mol. The Morgan fingerprint density at radius 3 is 2.48 bits per heavy atom. The third-order valence-electron chi connectivity index (χ3n) is 3.11. The molecule has 0 spiro atoms. The van der Waals surface area contributed by atoms with Crippen LogP contribution >= 0.6 is 39.1 Å². The van der Waals surface area contributed by atoms with E-state index in [0.717, 1.165) is 33.6 Å². The van der Waals surface area contributed by atoms with E-state index in [1.807, 2.05) is 42.5 Å². The lowest BCUT2D eigenvalue weighted by molar-refractivity contribution is 0.315. The highest BCUT2D eigenvalue weighted by atomic mass is 79.9. The Labute approximate surface area is 144 Å². The van der Waals surface area contributed by atoms with Gasteiger partial charge in [-0.1, -0.05) is 36.7 Å². The van der Waals surface area contributed by atoms with E-state index >= 15 is 0 Å². The summed E-state index contributed by atoms with van der Waals surface area (Å²) in [5, 5.41) is 0.660. The molecular formula is C17H17BrCl2O. The molecule has 0 aliphatic rings. The van der Waals surface area contributed by atoms with Crippen LogP contribution in [0.5, 0.6) is 5.75 Å². The molecule has 112 valence electrons. The molecule has 0 fully saturated rings. The largest absolute Gasteiger partial charge is 0.492 e. The van der Waals surface area contributed by atoms with E-state index in [0.29, 0.717) is 6.61 Å². The molecule has 0 saturated carbocycles. The molecule has 1 atom stereocenters. The van der Waals surface area contributed by atoms with Crippen molar-refractivity contribution in [2.24, 2.45) is 0 Å². The van der Waals surface area contributed by atoms with Crippen LogP contribution in [-0.2, 0) is 6.42 Å². The van der Waals surface area contributed by atoms with Gasteiger partial charge < -0.3 is 4.74 Å². The van der Waals surface area contributed by atoms with Crippen LogP contribution < -0.4 is 4.74 Å². The first kappa shape index (κ1) is 16.7. The van der Waals surface area contributed by atoms with Gasteiger partial charge in [0, 0.05) is 5.02 Å². The summed E-state index contributed by atoms with van der Waals surface area (Å²) in [5.74, 6) is 0.857. The minimum atomic E-state index is -0.0808. The van der Waals surface area contributed by atoms with Gasteiger partial charge in [-0.05, 0) is 64.2 Å². The van der Waals surface area contributed by atoms with Gasteiger partial charge >= 0.3 is 0 Å². The zero-order chi connectivity index (χ0) is 15.2. The Balaban J connectivity index is 2.06. The predicted molar refractivity (Wildman–Crippen MR) is 93.7 cm³/mol. The molecule has 1 unspecified atom stereocenters. The highest BCUT2D eigenvalue weighted by Crippen LogP contribution is 2.32. The molecule has 1 nitrogen and oxygen atoms in total. The molecule has 0 saturated heterocycles. The van der Waals surface area contributed by atoms with Crippen LogP contribution in [0.3, 0.4) is 0 Å². The Morgan fingerprint density at radius 1 is 1.14 bits per heavy atom. The first-order chi connectivity index (χ1) is 10.1. The number of alkyl halides is 1. The van der Waals surface area contributed by atoms with Crippen molar-refractivity contribution in [3.05, 3.63) is 63.1 Å². The molecular weight excluding hydrogens is 371 g/mol. The van der Waals surface area contributed by atoms with Gasteiger partial charge in [0.15, 0.2) is 0 Å². The molecule has 0 aliphatic heterocycles. The van der Waals surface area contributed by atoms with Crippen LogP contribution in [0.15, 0.2) is 46.9 Å². The van der Waals surface area contributed by atoms with Crippen LogP contribution in [0.2, 0.25) is 5.02 Å². The zero-order valence-electron chi connectivity index (χ0n) is 11.8. The summed E-state index contributed by atoms with van der Waals surface area (Å²) in [7, 11) is 0. The fraction of sp³-hybridized carbons (Fsp3) is 0.294. The molecule has 0 aromatic heterocycles. The van der Waals surface area contributed by atoms with Gasteiger partial charge in [0.2, 0.25) is 0 Å². The van der Waals surface area contributed by atoms with Crippen molar-refractivity contribution in [1.82, 2.24) is 0 Å². The lowest BCUT2D eigenvalue weighted by Gasteiger charge is -2.13. The number of rotatable bonds is 6. The maximum Gasteiger partial charge on any atom is 0.133 e. The second-order valence-electron chi connectivity index (χ2n) is 4.84. The molecule has 0 bridgehead atoms. The second-order valence-corrected chi connectivity index (χ2v) is 6.65. The standard InChI is InChI=1S/C17H17BrCl2O/c1-2-9-21-17-8-5-13(11-15(17)18)16(20)10-12-3-6-14(19)7-4-12/h3-8,11,16H,2,9-10H2,1H3. The molecule has 0 heterocycles. The van der Waals surface area contributed by atoms with E-state index in [1.165, 1.54) is 5.56 Å². The van der Waals surface area contributed by atoms with E-state index < -0.39 is 0 Å². The minimum absolute atomic E-state index is 0.0808. The average molecular weight is 388 g/mol. The van der Waals surface area contributed by atoms with E-state index in [-0.39, 0.29) is 5.38 Å². The van der Waals surface area contributed by atoms with Crippen molar-refractivity contribution in [2.45, 2.75) is 25.1 Å². The summed E-state index contributed by atoms with van der Waals surface area (Å²) in [4.78, 5) is 0. The van der Waals surface area contributed by atoms with Gasteiger partial charge in [-0.25, -0.2) is 0 Å². The smallest absolute Gasteiger partial charge is 0.133 e. The Bertz CT molecular complexity index is 584. The van der Waals surface area contributed by atoms with Gasteiger partial charge in [0.25, 0.3) is 0 Å². The summed E-state index contributed by atoms with van der Waals surface area (Å²) in [6.07, 6.45) is 1.75. The fourth-order valence-electron chi connectivity index (χ4n) is 1.99. The number of hydrogen-bond donors (Lipinski definition) is 0. The van der Waals surface area contributed by atoms with Crippen molar-refractivity contribution in [3.63, 3.8) is 0 Å². The number of ether oxygens (including phenoxy) is 1. The van der Waals surface area contributed by atoms with Gasteiger partial charge in [0.05, 0.1) is 16.5 Å². The highest BCUT2D eigenvalue weighted by Gasteiger charge is 2.11. The second kappa shape index (κ2) is 8.07. The van der Waals surface area contributed by atoms with Gasteiger partial charge in [0.1, 0.15) is 5.75 Å². The summed E-state index contributed by atoms with van der Waals surface area (Å²) >= 11 is 15.9. The van der Waals surface area contributed by atoms with Crippen LogP contribution in [0.25, 0.3) is 0 Å². The molecule has 2 aromatic carbocycles. The predicted octanol–water partition coefficient (Wildman–Crippen LogP) is 6.41. The third kappa shape index (κ3) is 4.91. The maximum absolute atomic E-state index is 6.51. The summed E-state index contributed by atoms with van der Waals surface area (Å²) in [6.45, 7) is 2.80. The number of benzene rings is 2. The Kier molecular flexibility index (Phi) is 6.40. The number of halogens is 3. The molecule has 4 heteroatoms. The molecule has 21 heavy (non-hydrogen) atoms. The van der Waals surface area contributed by atoms with Crippen LogP contribution in [-0.4, -0.2) is 6.61 Å². The number of hydrogen-bond acceptors (Lipinski definition) is 1. The fourth-order valence-corrected chi connectivity index (χ4v) is 2.94.